The molecule has 1 heterocycles. The number of likely N-dealkylation sites (tertiary alicyclic amines) is 1. The van der Waals surface area contributed by atoms with Crippen molar-refractivity contribution < 1.29 is 4.79 Å². The largest absolute Gasteiger partial charge is 0.351 e. The Labute approximate surface area is 92.4 Å². The minimum absolute atomic E-state index is 0.0972. The van der Waals surface area contributed by atoms with Crippen LogP contribution in [0.3, 0.4) is 0 Å². The number of nitrogens with one attached hydrogen (secondary N) is 2. The predicted molar refractivity (Wildman–Crippen MR) is 61.7 cm³/mol. The SMILES string of the molecule is CNCC(=O)NC1CN(C(C)C)CC1C. The molecule has 2 unspecified atom stereocenters. The van der Waals surface area contributed by atoms with Gasteiger partial charge < -0.3 is 10.6 Å². The lowest BCUT2D eigenvalue weighted by Gasteiger charge is -2.20. The standard InChI is InChI=1S/C11H23N3O/c1-8(2)14-6-9(3)10(7-14)13-11(15)5-12-4/h8-10,12H,5-7H2,1-4H3,(H,13,15). The van der Waals surface area contributed by atoms with Crippen molar-refractivity contribution in [1.82, 2.24) is 15.5 Å². The van der Waals surface area contributed by atoms with Crippen LogP contribution in [-0.2, 0) is 4.79 Å². The number of carbonyl (C=O) groups excluding carboxylic acids is 1. The molecule has 0 saturated carbocycles. The van der Waals surface area contributed by atoms with Gasteiger partial charge in [0.15, 0.2) is 0 Å². The van der Waals surface area contributed by atoms with Crippen LogP contribution in [0.15, 0.2) is 0 Å². The van der Waals surface area contributed by atoms with Crippen molar-refractivity contribution >= 4 is 5.91 Å². The Morgan fingerprint density at radius 1 is 1.47 bits per heavy atom. The zero-order chi connectivity index (χ0) is 11.4. The maximum Gasteiger partial charge on any atom is 0.234 e. The first kappa shape index (κ1) is 12.5. The van der Waals surface area contributed by atoms with E-state index in [1.807, 2.05) is 0 Å². The smallest absolute Gasteiger partial charge is 0.234 e. The van der Waals surface area contributed by atoms with Gasteiger partial charge in [-0.05, 0) is 26.8 Å². The Hall–Kier alpha value is -0.610. The number of likely N-dealkylation sites (N-methyl/N-ethyl adjacent to an activating group) is 1. The highest BCUT2D eigenvalue weighted by Gasteiger charge is 2.31. The number of rotatable bonds is 4. The maximum atomic E-state index is 11.4. The van der Waals surface area contributed by atoms with Gasteiger partial charge in [0.2, 0.25) is 5.91 Å². The molecule has 1 aliphatic rings. The first-order chi connectivity index (χ1) is 7.04. The van der Waals surface area contributed by atoms with Gasteiger partial charge >= 0.3 is 0 Å². The quantitative estimate of drug-likeness (QED) is 0.693. The van der Waals surface area contributed by atoms with Crippen LogP contribution in [0.2, 0.25) is 0 Å². The molecule has 0 radical (unpaired) electrons. The summed E-state index contributed by atoms with van der Waals surface area (Å²) in [6.07, 6.45) is 0. The molecule has 1 amide bonds. The zero-order valence-electron chi connectivity index (χ0n) is 10.2. The third kappa shape index (κ3) is 3.47. The van der Waals surface area contributed by atoms with E-state index in [0.717, 1.165) is 13.1 Å². The number of carbonyl (C=O) groups is 1. The second-order valence-corrected chi connectivity index (χ2v) is 4.73. The molecule has 1 fully saturated rings. The Balaban J connectivity index is 2.40. The number of nitrogens with zero attached hydrogens (tertiary/aromatic N) is 1. The van der Waals surface area contributed by atoms with Crippen LogP contribution < -0.4 is 10.6 Å². The molecule has 88 valence electrons. The van der Waals surface area contributed by atoms with Crippen LogP contribution in [0.5, 0.6) is 0 Å². The molecular weight excluding hydrogens is 190 g/mol. The van der Waals surface area contributed by atoms with E-state index in [1.54, 1.807) is 7.05 Å². The Morgan fingerprint density at radius 2 is 2.13 bits per heavy atom. The fraction of sp³-hybridized carbons (Fsp3) is 0.909. The van der Waals surface area contributed by atoms with Crippen molar-refractivity contribution in [2.75, 3.05) is 26.7 Å². The Kier molecular flexibility index (Phi) is 4.54. The number of amides is 1. The highest BCUT2D eigenvalue weighted by Crippen LogP contribution is 2.18. The second-order valence-electron chi connectivity index (χ2n) is 4.73. The van der Waals surface area contributed by atoms with Crippen molar-refractivity contribution in [2.45, 2.75) is 32.9 Å². The molecule has 2 atom stereocenters. The van der Waals surface area contributed by atoms with Gasteiger partial charge in [-0.1, -0.05) is 6.92 Å². The molecular formula is C11H23N3O. The summed E-state index contributed by atoms with van der Waals surface area (Å²) in [4.78, 5) is 13.8. The van der Waals surface area contributed by atoms with Gasteiger partial charge in [0, 0.05) is 25.2 Å². The van der Waals surface area contributed by atoms with E-state index in [0.29, 0.717) is 24.5 Å². The van der Waals surface area contributed by atoms with Crippen molar-refractivity contribution in [1.29, 1.82) is 0 Å². The fourth-order valence-electron chi connectivity index (χ4n) is 2.03. The van der Waals surface area contributed by atoms with Gasteiger partial charge in [-0.15, -0.1) is 0 Å². The van der Waals surface area contributed by atoms with Gasteiger partial charge in [-0.25, -0.2) is 0 Å². The highest BCUT2D eigenvalue weighted by molar-refractivity contribution is 5.78. The molecule has 4 heteroatoms. The summed E-state index contributed by atoms with van der Waals surface area (Å²) in [5, 5.41) is 5.94. The lowest BCUT2D eigenvalue weighted by Crippen LogP contribution is -2.43. The minimum atomic E-state index is 0.0972. The highest BCUT2D eigenvalue weighted by atomic mass is 16.2. The molecule has 1 rings (SSSR count). The molecule has 0 bridgehead atoms. The zero-order valence-corrected chi connectivity index (χ0v) is 10.2. The van der Waals surface area contributed by atoms with Crippen molar-refractivity contribution in [3.05, 3.63) is 0 Å². The first-order valence-corrected chi connectivity index (χ1v) is 5.72. The summed E-state index contributed by atoms with van der Waals surface area (Å²) in [5.74, 6) is 0.646. The van der Waals surface area contributed by atoms with Crippen LogP contribution >= 0.6 is 0 Å². The summed E-state index contributed by atoms with van der Waals surface area (Å²) in [5.41, 5.74) is 0. The fourth-order valence-corrected chi connectivity index (χ4v) is 2.03. The summed E-state index contributed by atoms with van der Waals surface area (Å²) >= 11 is 0. The minimum Gasteiger partial charge on any atom is -0.351 e. The van der Waals surface area contributed by atoms with Gasteiger partial charge in [0.25, 0.3) is 0 Å². The third-order valence-electron chi connectivity index (χ3n) is 3.05. The Morgan fingerprint density at radius 3 is 2.60 bits per heavy atom. The molecule has 0 aromatic heterocycles. The lowest BCUT2D eigenvalue weighted by atomic mass is 10.1. The van der Waals surface area contributed by atoms with E-state index in [-0.39, 0.29) is 5.91 Å². The van der Waals surface area contributed by atoms with Crippen LogP contribution in [0, 0.1) is 5.92 Å². The van der Waals surface area contributed by atoms with Gasteiger partial charge in [0.1, 0.15) is 0 Å². The van der Waals surface area contributed by atoms with Crippen LogP contribution in [0.25, 0.3) is 0 Å². The summed E-state index contributed by atoms with van der Waals surface area (Å²) < 4.78 is 0. The monoisotopic (exact) mass is 213 g/mol. The van der Waals surface area contributed by atoms with Crippen molar-refractivity contribution in [3.8, 4) is 0 Å². The van der Waals surface area contributed by atoms with Crippen LogP contribution in [0.1, 0.15) is 20.8 Å². The Bertz CT molecular complexity index is 218. The molecule has 1 aliphatic heterocycles. The average Bonchev–Trinajstić information content (AvgIpc) is 2.48. The van der Waals surface area contributed by atoms with E-state index in [1.165, 1.54) is 0 Å². The summed E-state index contributed by atoms with van der Waals surface area (Å²) in [6, 6.07) is 0.881. The van der Waals surface area contributed by atoms with E-state index in [2.05, 4.69) is 36.3 Å². The van der Waals surface area contributed by atoms with Crippen molar-refractivity contribution in [3.63, 3.8) is 0 Å². The van der Waals surface area contributed by atoms with E-state index < -0.39 is 0 Å². The maximum absolute atomic E-state index is 11.4. The molecule has 15 heavy (non-hydrogen) atoms. The normalized spacial score (nSPS) is 27.3. The van der Waals surface area contributed by atoms with Gasteiger partial charge in [-0.2, -0.15) is 0 Å². The van der Waals surface area contributed by atoms with Gasteiger partial charge in [0.05, 0.1) is 6.54 Å². The molecule has 0 aliphatic carbocycles. The summed E-state index contributed by atoms with van der Waals surface area (Å²) in [7, 11) is 1.79. The van der Waals surface area contributed by atoms with Crippen LogP contribution in [0.4, 0.5) is 0 Å². The summed E-state index contributed by atoms with van der Waals surface area (Å²) in [6.45, 7) is 9.07. The number of hydrogen-bond acceptors (Lipinski definition) is 3. The molecule has 2 N–H and O–H groups in total. The average molecular weight is 213 g/mol. The van der Waals surface area contributed by atoms with E-state index in [9.17, 15) is 4.79 Å². The van der Waals surface area contributed by atoms with E-state index >= 15 is 0 Å². The predicted octanol–water partition coefficient (Wildman–Crippen LogP) is 0.0507. The molecule has 1 saturated heterocycles. The molecule has 0 aromatic carbocycles. The molecule has 0 aromatic rings. The third-order valence-corrected chi connectivity index (χ3v) is 3.05. The van der Waals surface area contributed by atoms with Crippen LogP contribution in [-0.4, -0.2) is 49.6 Å². The van der Waals surface area contributed by atoms with E-state index in [4.69, 9.17) is 0 Å². The van der Waals surface area contributed by atoms with Crippen molar-refractivity contribution in [2.24, 2.45) is 5.92 Å². The van der Waals surface area contributed by atoms with Gasteiger partial charge in [-0.3, -0.25) is 9.69 Å². The number of hydrogen-bond donors (Lipinski definition) is 2. The molecule has 4 nitrogen and oxygen atoms in total. The lowest BCUT2D eigenvalue weighted by molar-refractivity contribution is -0.121. The second kappa shape index (κ2) is 5.47. The topological polar surface area (TPSA) is 44.4 Å². The first-order valence-electron chi connectivity index (χ1n) is 5.72. The molecule has 0 spiro atoms.